The summed E-state index contributed by atoms with van der Waals surface area (Å²) in [5.41, 5.74) is -0.951. The molecule has 0 spiro atoms. The van der Waals surface area contributed by atoms with Gasteiger partial charge in [0, 0.05) is 12.6 Å². The lowest BCUT2D eigenvalue weighted by atomic mass is 9.99. The van der Waals surface area contributed by atoms with Gasteiger partial charge in [-0.1, -0.05) is 12.1 Å². The average molecular weight is 271 g/mol. The second-order valence-corrected chi connectivity index (χ2v) is 3.67. The molecule has 0 radical (unpaired) electrons. The van der Waals surface area contributed by atoms with Crippen LogP contribution in [0.2, 0.25) is 0 Å². The Morgan fingerprint density at radius 3 is 2.37 bits per heavy atom. The summed E-state index contributed by atoms with van der Waals surface area (Å²) < 4.78 is 37.7. The Hall–Kier alpha value is -2.11. The van der Waals surface area contributed by atoms with E-state index in [1.165, 1.54) is 13.1 Å². The predicted molar refractivity (Wildman–Crippen MR) is 65.7 cm³/mol. The molecule has 0 amide bonds. The van der Waals surface area contributed by atoms with E-state index in [0.29, 0.717) is 11.8 Å². The van der Waals surface area contributed by atoms with E-state index in [9.17, 15) is 18.0 Å². The van der Waals surface area contributed by atoms with Crippen molar-refractivity contribution in [3.8, 4) is 0 Å². The molecule has 1 N–H and O–H groups in total. The molecule has 1 aromatic rings. The Kier molecular flexibility index (Phi) is 4.47. The van der Waals surface area contributed by atoms with E-state index in [2.05, 4.69) is 4.99 Å². The van der Waals surface area contributed by atoms with Crippen molar-refractivity contribution in [3.63, 3.8) is 0 Å². The fourth-order valence-corrected chi connectivity index (χ4v) is 1.56. The van der Waals surface area contributed by atoms with Gasteiger partial charge in [-0.3, -0.25) is 4.99 Å². The van der Waals surface area contributed by atoms with Crippen LogP contribution in [0, 0.1) is 0 Å². The van der Waals surface area contributed by atoms with Gasteiger partial charge in [-0.15, -0.1) is 0 Å². The Labute approximate surface area is 108 Å². The lowest BCUT2D eigenvalue weighted by Gasteiger charge is -2.11. The standard InChI is InChI=1S/C13H12F3NO2/c1-3-4-11(17-2)9-6-5-8(13(14,15)16)7-10(9)12(18)19/h3-7H,1-2H3,(H,18,19)/b4-3-,17-11?. The van der Waals surface area contributed by atoms with E-state index in [-0.39, 0.29) is 5.56 Å². The van der Waals surface area contributed by atoms with Crippen LogP contribution in [0.3, 0.4) is 0 Å². The molecule has 6 heteroatoms. The molecule has 0 unspecified atom stereocenters. The van der Waals surface area contributed by atoms with Gasteiger partial charge in [-0.05, 0) is 25.1 Å². The number of rotatable bonds is 3. The summed E-state index contributed by atoms with van der Waals surface area (Å²) in [6.45, 7) is 1.70. The van der Waals surface area contributed by atoms with Gasteiger partial charge < -0.3 is 5.11 Å². The molecule has 0 saturated heterocycles. The fourth-order valence-electron chi connectivity index (χ4n) is 1.56. The summed E-state index contributed by atoms with van der Waals surface area (Å²) in [4.78, 5) is 14.9. The molecular weight excluding hydrogens is 259 g/mol. The van der Waals surface area contributed by atoms with Crippen LogP contribution in [0.1, 0.15) is 28.4 Å². The zero-order valence-electron chi connectivity index (χ0n) is 10.3. The molecule has 1 aromatic carbocycles. The van der Waals surface area contributed by atoms with Crippen LogP contribution in [0.15, 0.2) is 35.3 Å². The van der Waals surface area contributed by atoms with Gasteiger partial charge in [-0.2, -0.15) is 13.2 Å². The normalized spacial score (nSPS) is 13.0. The minimum atomic E-state index is -4.58. The Morgan fingerprint density at radius 2 is 1.95 bits per heavy atom. The second kappa shape index (κ2) is 5.69. The van der Waals surface area contributed by atoms with Crippen LogP contribution >= 0.6 is 0 Å². The first-order valence-electron chi connectivity index (χ1n) is 5.35. The SMILES string of the molecule is C/C=C\C(=NC)c1ccc(C(F)(F)F)cc1C(=O)O. The maximum atomic E-state index is 12.6. The number of allylic oxidation sites excluding steroid dienone is 2. The van der Waals surface area contributed by atoms with Crippen LogP contribution < -0.4 is 0 Å². The van der Waals surface area contributed by atoms with Gasteiger partial charge in [0.05, 0.1) is 16.8 Å². The summed E-state index contributed by atoms with van der Waals surface area (Å²) in [6.07, 6.45) is -1.41. The van der Waals surface area contributed by atoms with Crippen molar-refractivity contribution in [3.05, 3.63) is 47.0 Å². The van der Waals surface area contributed by atoms with Gasteiger partial charge in [-0.25, -0.2) is 4.79 Å². The second-order valence-electron chi connectivity index (χ2n) is 3.67. The lowest BCUT2D eigenvalue weighted by Crippen LogP contribution is -2.12. The summed E-state index contributed by atoms with van der Waals surface area (Å²) in [5.74, 6) is -1.42. The van der Waals surface area contributed by atoms with E-state index < -0.39 is 23.3 Å². The third-order valence-corrected chi connectivity index (χ3v) is 2.42. The zero-order valence-corrected chi connectivity index (χ0v) is 10.3. The zero-order chi connectivity index (χ0) is 14.6. The molecular formula is C13H12F3NO2. The Bertz CT molecular complexity index is 545. The molecule has 0 aliphatic rings. The summed E-state index contributed by atoms with van der Waals surface area (Å²) in [7, 11) is 1.44. The number of aliphatic imine (C=N–C) groups is 1. The Balaban J connectivity index is 3.47. The minimum absolute atomic E-state index is 0.154. The predicted octanol–water partition coefficient (Wildman–Crippen LogP) is 3.40. The van der Waals surface area contributed by atoms with Crippen molar-refractivity contribution in [2.24, 2.45) is 4.99 Å². The highest BCUT2D eigenvalue weighted by atomic mass is 19.4. The summed E-state index contributed by atoms with van der Waals surface area (Å²) in [6, 6.07) is 2.58. The van der Waals surface area contributed by atoms with Gasteiger partial charge in [0.1, 0.15) is 0 Å². The number of nitrogens with zero attached hydrogens (tertiary/aromatic N) is 1. The number of alkyl halides is 3. The van der Waals surface area contributed by atoms with Crippen molar-refractivity contribution in [2.45, 2.75) is 13.1 Å². The van der Waals surface area contributed by atoms with Crippen molar-refractivity contribution < 1.29 is 23.1 Å². The van der Waals surface area contributed by atoms with Crippen LogP contribution in [-0.2, 0) is 6.18 Å². The number of benzene rings is 1. The minimum Gasteiger partial charge on any atom is -0.478 e. The van der Waals surface area contributed by atoms with Gasteiger partial charge >= 0.3 is 12.1 Å². The number of halogens is 3. The Morgan fingerprint density at radius 1 is 1.32 bits per heavy atom. The van der Waals surface area contributed by atoms with E-state index >= 15 is 0 Å². The molecule has 1 rings (SSSR count). The van der Waals surface area contributed by atoms with E-state index in [1.807, 2.05) is 0 Å². The highest BCUT2D eigenvalue weighted by Crippen LogP contribution is 2.30. The molecule has 3 nitrogen and oxygen atoms in total. The fraction of sp³-hybridized carbons (Fsp3) is 0.231. The lowest BCUT2D eigenvalue weighted by molar-refractivity contribution is -0.137. The number of carboxylic acids is 1. The van der Waals surface area contributed by atoms with Crippen LogP contribution in [0.25, 0.3) is 0 Å². The first kappa shape index (κ1) is 14.9. The third-order valence-electron chi connectivity index (χ3n) is 2.42. The first-order chi connectivity index (χ1) is 8.81. The van der Waals surface area contributed by atoms with Crippen molar-refractivity contribution >= 4 is 11.7 Å². The molecule has 0 bridgehead atoms. The van der Waals surface area contributed by atoms with Gasteiger partial charge in [0.2, 0.25) is 0 Å². The molecule has 19 heavy (non-hydrogen) atoms. The monoisotopic (exact) mass is 271 g/mol. The number of aromatic carboxylic acids is 1. The number of carboxylic acid groups (broad SMARTS) is 1. The van der Waals surface area contributed by atoms with E-state index in [0.717, 1.165) is 12.1 Å². The molecule has 0 fully saturated rings. The quantitative estimate of drug-likeness (QED) is 0.856. The number of carbonyl (C=O) groups is 1. The first-order valence-corrected chi connectivity index (χ1v) is 5.35. The maximum absolute atomic E-state index is 12.6. The van der Waals surface area contributed by atoms with Crippen molar-refractivity contribution in [1.29, 1.82) is 0 Å². The van der Waals surface area contributed by atoms with E-state index in [1.54, 1.807) is 13.0 Å². The molecule has 0 aliphatic heterocycles. The number of hydrogen-bond acceptors (Lipinski definition) is 2. The molecule has 102 valence electrons. The average Bonchev–Trinajstić information content (AvgIpc) is 2.34. The van der Waals surface area contributed by atoms with Gasteiger partial charge in [0.25, 0.3) is 0 Å². The summed E-state index contributed by atoms with van der Waals surface area (Å²) in [5, 5.41) is 9.02. The third kappa shape index (κ3) is 3.43. The van der Waals surface area contributed by atoms with Crippen LogP contribution in [-0.4, -0.2) is 23.8 Å². The molecule has 0 saturated carbocycles. The highest BCUT2D eigenvalue weighted by molar-refractivity contribution is 6.14. The maximum Gasteiger partial charge on any atom is 0.416 e. The van der Waals surface area contributed by atoms with E-state index in [4.69, 9.17) is 5.11 Å². The topological polar surface area (TPSA) is 49.7 Å². The molecule has 0 heterocycles. The van der Waals surface area contributed by atoms with Crippen LogP contribution in [0.5, 0.6) is 0 Å². The summed E-state index contributed by atoms with van der Waals surface area (Å²) >= 11 is 0. The highest BCUT2D eigenvalue weighted by Gasteiger charge is 2.32. The van der Waals surface area contributed by atoms with Gasteiger partial charge in [0.15, 0.2) is 0 Å². The molecule has 0 aliphatic carbocycles. The number of hydrogen-bond donors (Lipinski definition) is 1. The largest absolute Gasteiger partial charge is 0.478 e. The van der Waals surface area contributed by atoms with Crippen molar-refractivity contribution in [2.75, 3.05) is 7.05 Å². The molecule has 0 aromatic heterocycles. The van der Waals surface area contributed by atoms with Crippen LogP contribution in [0.4, 0.5) is 13.2 Å². The van der Waals surface area contributed by atoms with Crippen molar-refractivity contribution in [1.82, 2.24) is 0 Å². The smallest absolute Gasteiger partial charge is 0.416 e. The molecule has 0 atom stereocenters.